The van der Waals surface area contributed by atoms with Gasteiger partial charge in [-0.2, -0.15) is 8.42 Å². The maximum atomic E-state index is 13.5. The first-order chi connectivity index (χ1) is 15.4. The lowest BCUT2D eigenvalue weighted by atomic mass is 10.0. The third-order valence-electron chi connectivity index (χ3n) is 5.25. The van der Waals surface area contributed by atoms with Gasteiger partial charge in [-0.3, -0.25) is 0 Å². The summed E-state index contributed by atoms with van der Waals surface area (Å²) in [6, 6.07) is 35.8. The van der Waals surface area contributed by atoms with Crippen LogP contribution >= 0.6 is 10.3 Å². The molecule has 0 N–H and O–H groups in total. The van der Waals surface area contributed by atoms with Crippen LogP contribution in [-0.4, -0.2) is 8.42 Å². The van der Waals surface area contributed by atoms with E-state index >= 15 is 0 Å². The first-order valence-corrected chi connectivity index (χ1v) is 13.4. The van der Waals surface area contributed by atoms with Gasteiger partial charge in [0.05, 0.1) is 4.90 Å². The van der Waals surface area contributed by atoms with E-state index in [9.17, 15) is 8.42 Å². The number of rotatable bonds is 7. The van der Waals surface area contributed by atoms with Crippen molar-refractivity contribution in [1.29, 1.82) is 0 Å². The zero-order chi connectivity index (χ0) is 22.6. The van der Waals surface area contributed by atoms with Gasteiger partial charge in [-0.1, -0.05) is 80.6 Å². The van der Waals surface area contributed by atoms with E-state index in [0.29, 0.717) is 5.92 Å². The Morgan fingerprint density at radius 2 is 0.906 bits per heavy atom. The van der Waals surface area contributed by atoms with Crippen LogP contribution in [0.3, 0.4) is 0 Å². The van der Waals surface area contributed by atoms with E-state index < -0.39 is 20.4 Å². The van der Waals surface area contributed by atoms with Crippen LogP contribution in [0.1, 0.15) is 25.3 Å². The molecule has 0 unspecified atom stereocenters. The summed E-state index contributed by atoms with van der Waals surface area (Å²) in [7, 11) is -6.62. The molecule has 0 radical (unpaired) electrons. The van der Waals surface area contributed by atoms with Crippen LogP contribution in [0.15, 0.2) is 135 Å². The highest BCUT2D eigenvalue weighted by Crippen LogP contribution is 2.70. The molecule has 0 atom stereocenters. The summed E-state index contributed by atoms with van der Waals surface area (Å²) in [5.74, 6) is 0.371. The molecule has 3 nitrogen and oxygen atoms in total. The molecule has 32 heavy (non-hydrogen) atoms. The van der Waals surface area contributed by atoms with Crippen LogP contribution < -0.4 is 0 Å². The van der Waals surface area contributed by atoms with E-state index in [1.54, 1.807) is 30.3 Å². The predicted octanol–water partition coefficient (Wildman–Crippen LogP) is 7.41. The Balaban J connectivity index is 2.00. The summed E-state index contributed by atoms with van der Waals surface area (Å²) in [6.07, 6.45) is 0. The largest absolute Gasteiger partial charge is 0.307 e. The molecule has 0 spiro atoms. The van der Waals surface area contributed by atoms with Crippen LogP contribution in [0.4, 0.5) is 0 Å². The Morgan fingerprint density at radius 3 is 1.31 bits per heavy atom. The van der Waals surface area contributed by atoms with Gasteiger partial charge in [0.2, 0.25) is 0 Å². The van der Waals surface area contributed by atoms with Crippen LogP contribution in [-0.2, 0) is 13.7 Å². The Kier molecular flexibility index (Phi) is 6.51. The fraction of sp³-hybridized carbons (Fsp3) is 0.111. The average molecular weight is 463 g/mol. The van der Waals surface area contributed by atoms with E-state index in [1.807, 2.05) is 72.8 Å². The third-order valence-corrected chi connectivity index (χ3v) is 10.4. The molecular weight excluding hydrogens is 436 g/mol. The quantitative estimate of drug-likeness (QED) is 0.287. The molecule has 0 heterocycles. The lowest BCUT2D eigenvalue weighted by Gasteiger charge is -2.39. The fourth-order valence-corrected chi connectivity index (χ4v) is 8.79. The molecule has 0 fully saturated rings. The van der Waals surface area contributed by atoms with Crippen molar-refractivity contribution < 1.29 is 12.0 Å². The number of benzene rings is 4. The van der Waals surface area contributed by atoms with E-state index in [0.717, 1.165) is 14.7 Å². The molecule has 0 aromatic heterocycles. The van der Waals surface area contributed by atoms with Crippen LogP contribution in [0.2, 0.25) is 0 Å². The highest BCUT2D eigenvalue weighted by atomic mass is 32.3. The smallest absolute Gasteiger partial charge is 0.203 e. The van der Waals surface area contributed by atoms with Crippen molar-refractivity contribution in [2.24, 2.45) is 0 Å². The lowest BCUT2D eigenvalue weighted by molar-refractivity contribution is 0.508. The van der Waals surface area contributed by atoms with Gasteiger partial charge in [-0.05, 0) is 70.3 Å². The van der Waals surface area contributed by atoms with Gasteiger partial charge in [0.1, 0.15) is 0 Å². The Bertz CT molecular complexity index is 1210. The van der Waals surface area contributed by atoms with E-state index in [1.165, 1.54) is 5.56 Å². The highest BCUT2D eigenvalue weighted by Gasteiger charge is 2.38. The molecule has 0 saturated carbocycles. The summed E-state index contributed by atoms with van der Waals surface area (Å²) >= 11 is 0. The maximum absolute atomic E-state index is 13.5. The van der Waals surface area contributed by atoms with Gasteiger partial charge in [0, 0.05) is 14.7 Å². The molecule has 0 aliphatic carbocycles. The summed E-state index contributed by atoms with van der Waals surface area (Å²) in [4.78, 5) is 2.62. The minimum absolute atomic E-state index is 0.141. The van der Waals surface area contributed by atoms with Crippen LogP contribution in [0.25, 0.3) is 0 Å². The van der Waals surface area contributed by atoms with Crippen molar-refractivity contribution in [1.82, 2.24) is 0 Å². The summed E-state index contributed by atoms with van der Waals surface area (Å²) in [5.41, 5.74) is 1.19. The van der Waals surface area contributed by atoms with Crippen LogP contribution in [0.5, 0.6) is 0 Å². The van der Waals surface area contributed by atoms with E-state index in [-0.39, 0.29) is 4.90 Å². The van der Waals surface area contributed by atoms with Crippen molar-refractivity contribution in [3.8, 4) is 0 Å². The molecule has 164 valence electrons. The average Bonchev–Trinajstić information content (AvgIpc) is 2.84. The summed E-state index contributed by atoms with van der Waals surface area (Å²) in [5, 5.41) is 0. The summed E-state index contributed by atoms with van der Waals surface area (Å²) < 4.78 is 33.4. The Labute approximate surface area is 192 Å². The van der Waals surface area contributed by atoms with Gasteiger partial charge >= 0.3 is 10.1 Å². The third kappa shape index (κ3) is 4.37. The molecule has 4 rings (SSSR count). The normalized spacial score (nSPS) is 12.6. The molecule has 4 aromatic carbocycles. The van der Waals surface area contributed by atoms with Crippen molar-refractivity contribution in [2.75, 3.05) is 0 Å². The van der Waals surface area contributed by atoms with Gasteiger partial charge in [0.15, 0.2) is 0 Å². The molecular formula is C27H26O3S2. The molecule has 0 aliphatic rings. The molecule has 0 saturated heterocycles. The van der Waals surface area contributed by atoms with Crippen molar-refractivity contribution in [3.05, 3.63) is 121 Å². The standard InChI is InChI=1S/C27H26O3S2/c1-22(2)23-18-20-26(21-19-23)31(24-12-6-3-7-13-24,25-14-8-4-9-15-25)30-32(28,29)27-16-10-5-11-17-27/h3-22H,1-2H3. The lowest BCUT2D eigenvalue weighted by Crippen LogP contribution is -2.14. The van der Waals surface area contributed by atoms with Gasteiger partial charge in [0.25, 0.3) is 0 Å². The molecule has 4 aromatic rings. The topological polar surface area (TPSA) is 43.4 Å². The first-order valence-electron chi connectivity index (χ1n) is 10.5. The second-order valence-corrected chi connectivity index (χ2v) is 12.2. The minimum Gasteiger partial charge on any atom is -0.203 e. The Hall–Kier alpha value is -2.86. The Morgan fingerprint density at radius 1 is 0.531 bits per heavy atom. The zero-order valence-corrected chi connectivity index (χ0v) is 19.7. The van der Waals surface area contributed by atoms with Crippen molar-refractivity contribution >= 4 is 20.4 Å². The molecule has 0 amide bonds. The first kappa shape index (κ1) is 22.3. The number of hydrogen-bond acceptors (Lipinski definition) is 3. The zero-order valence-electron chi connectivity index (χ0n) is 18.1. The predicted molar refractivity (Wildman–Crippen MR) is 131 cm³/mol. The fourth-order valence-electron chi connectivity index (χ4n) is 3.56. The maximum Gasteiger partial charge on any atom is 0.307 e. The van der Waals surface area contributed by atoms with Gasteiger partial charge in [-0.15, -0.1) is 0 Å². The monoisotopic (exact) mass is 462 g/mol. The number of hydrogen-bond donors (Lipinski definition) is 0. The SMILES string of the molecule is CC(C)c1ccc(S(OS(=O)(=O)c2ccccc2)(c2ccccc2)c2ccccc2)cc1. The molecule has 5 heteroatoms. The van der Waals surface area contributed by atoms with Gasteiger partial charge < -0.3 is 0 Å². The molecule has 0 bridgehead atoms. The second kappa shape index (κ2) is 9.33. The van der Waals surface area contributed by atoms with E-state index in [4.69, 9.17) is 3.63 Å². The summed E-state index contributed by atoms with van der Waals surface area (Å²) in [6.45, 7) is 4.28. The van der Waals surface area contributed by atoms with Crippen LogP contribution in [0, 0.1) is 0 Å². The van der Waals surface area contributed by atoms with Gasteiger partial charge in [-0.25, -0.2) is 3.63 Å². The minimum atomic E-state index is -4.05. The van der Waals surface area contributed by atoms with E-state index in [2.05, 4.69) is 26.0 Å². The highest BCUT2D eigenvalue weighted by molar-refractivity contribution is 8.33. The van der Waals surface area contributed by atoms with Crippen molar-refractivity contribution in [2.45, 2.75) is 39.3 Å². The van der Waals surface area contributed by atoms with Crippen molar-refractivity contribution in [3.63, 3.8) is 0 Å². The molecule has 0 aliphatic heterocycles. The second-order valence-electron chi connectivity index (χ2n) is 7.74.